The molecule has 1 aliphatic rings. The molecule has 1 N–H and O–H groups in total. The Morgan fingerprint density at radius 2 is 1.96 bits per heavy atom. The summed E-state index contributed by atoms with van der Waals surface area (Å²) in [5.74, 6) is -0.608. The quantitative estimate of drug-likeness (QED) is 0.714. The molecule has 1 fully saturated rings. The number of amides is 1. The summed E-state index contributed by atoms with van der Waals surface area (Å²) in [5.41, 5.74) is 0.406. The number of carbonyl (C=O) groups is 3. The van der Waals surface area contributed by atoms with Crippen molar-refractivity contribution in [3.63, 3.8) is 0 Å². The lowest BCUT2D eigenvalue weighted by Gasteiger charge is -2.29. The van der Waals surface area contributed by atoms with Crippen LogP contribution in [0.1, 0.15) is 54.8 Å². The number of thiophene rings is 1. The lowest BCUT2D eigenvalue weighted by Crippen LogP contribution is -2.41. The van der Waals surface area contributed by atoms with Gasteiger partial charge >= 0.3 is 11.9 Å². The Hall–Kier alpha value is -1.93. The minimum Gasteiger partial charge on any atom is -0.469 e. The number of likely N-dealkylation sites (tertiary alicyclic amines) is 1. The summed E-state index contributed by atoms with van der Waals surface area (Å²) >= 11 is 1.41. The highest BCUT2D eigenvalue weighted by Gasteiger charge is 2.27. The van der Waals surface area contributed by atoms with Gasteiger partial charge in [0.1, 0.15) is 5.00 Å². The maximum absolute atomic E-state index is 12.5. The van der Waals surface area contributed by atoms with E-state index >= 15 is 0 Å². The molecule has 1 aliphatic heterocycles. The summed E-state index contributed by atoms with van der Waals surface area (Å²) in [6, 6.07) is 1.80. The third-order valence-corrected chi connectivity index (χ3v) is 5.91. The Kier molecular flexibility index (Phi) is 7.79. The third kappa shape index (κ3) is 5.77. The van der Waals surface area contributed by atoms with Gasteiger partial charge in [0.25, 0.3) is 0 Å². The number of rotatable bonds is 7. The molecule has 0 bridgehead atoms. The van der Waals surface area contributed by atoms with Gasteiger partial charge in [-0.05, 0) is 44.8 Å². The molecule has 27 heavy (non-hydrogen) atoms. The number of esters is 2. The molecule has 0 aromatic carbocycles. The van der Waals surface area contributed by atoms with Gasteiger partial charge in [0.2, 0.25) is 5.91 Å². The monoisotopic (exact) mass is 396 g/mol. The predicted molar refractivity (Wildman–Crippen MR) is 104 cm³/mol. The lowest BCUT2D eigenvalue weighted by atomic mass is 9.97. The fourth-order valence-electron chi connectivity index (χ4n) is 3.01. The zero-order chi connectivity index (χ0) is 20.0. The number of ether oxygens (including phenoxy) is 2. The van der Waals surface area contributed by atoms with Crippen molar-refractivity contribution in [3.8, 4) is 0 Å². The molecule has 2 rings (SSSR count). The Bertz CT molecular complexity index is 678. The average molecular weight is 397 g/mol. The van der Waals surface area contributed by atoms with E-state index in [1.165, 1.54) is 18.4 Å². The van der Waals surface area contributed by atoms with Gasteiger partial charge in [-0.2, -0.15) is 0 Å². The predicted octanol–water partition coefficient (Wildman–Crippen LogP) is 2.87. The number of hydrogen-bond donors (Lipinski definition) is 1. The summed E-state index contributed by atoms with van der Waals surface area (Å²) in [7, 11) is 1.40. The van der Waals surface area contributed by atoms with Crippen molar-refractivity contribution in [3.05, 3.63) is 16.5 Å². The number of methoxy groups -OCH3 is 1. The Labute approximate surface area is 164 Å². The van der Waals surface area contributed by atoms with Crippen LogP contribution in [0.4, 0.5) is 5.00 Å². The van der Waals surface area contributed by atoms with Crippen molar-refractivity contribution >= 4 is 34.2 Å². The normalized spacial score (nSPS) is 15.6. The van der Waals surface area contributed by atoms with Gasteiger partial charge in [-0.1, -0.05) is 13.8 Å². The Morgan fingerprint density at radius 1 is 1.30 bits per heavy atom. The highest BCUT2D eigenvalue weighted by atomic mass is 32.1. The molecule has 150 valence electrons. The van der Waals surface area contributed by atoms with E-state index in [0.29, 0.717) is 36.5 Å². The van der Waals surface area contributed by atoms with Crippen LogP contribution in [0, 0.1) is 5.92 Å². The second kappa shape index (κ2) is 9.85. The van der Waals surface area contributed by atoms with Crippen LogP contribution in [0.15, 0.2) is 6.07 Å². The van der Waals surface area contributed by atoms with Gasteiger partial charge in [0.05, 0.1) is 31.7 Å². The fraction of sp³-hybridized carbons (Fsp3) is 0.632. The van der Waals surface area contributed by atoms with E-state index in [-0.39, 0.29) is 36.9 Å². The van der Waals surface area contributed by atoms with Crippen LogP contribution in [0.5, 0.6) is 0 Å². The molecule has 0 atom stereocenters. The fourth-order valence-corrected chi connectivity index (χ4v) is 4.08. The standard InChI is InChI=1S/C19H28N2O5S/c1-5-26-19(24)14-10-15(12(2)3)27-17(14)20-16(22)11-21-8-6-13(7-9-21)18(23)25-4/h10,12-13H,5-9,11H2,1-4H3,(H,20,22). The summed E-state index contributed by atoms with van der Waals surface area (Å²) in [5, 5.41) is 3.40. The molecule has 2 heterocycles. The molecule has 1 saturated heterocycles. The molecule has 1 aromatic heterocycles. The first-order valence-electron chi connectivity index (χ1n) is 9.26. The average Bonchev–Trinajstić information content (AvgIpc) is 3.06. The van der Waals surface area contributed by atoms with Crippen LogP contribution in [-0.2, 0) is 19.1 Å². The van der Waals surface area contributed by atoms with Gasteiger partial charge in [-0.3, -0.25) is 14.5 Å². The van der Waals surface area contributed by atoms with Crippen LogP contribution < -0.4 is 5.32 Å². The van der Waals surface area contributed by atoms with Crippen molar-refractivity contribution < 1.29 is 23.9 Å². The van der Waals surface area contributed by atoms with Gasteiger partial charge in [-0.15, -0.1) is 11.3 Å². The van der Waals surface area contributed by atoms with Crippen molar-refractivity contribution in [2.24, 2.45) is 5.92 Å². The second-order valence-corrected chi connectivity index (χ2v) is 7.97. The topological polar surface area (TPSA) is 84.9 Å². The third-order valence-electron chi connectivity index (χ3n) is 4.56. The first-order valence-corrected chi connectivity index (χ1v) is 10.1. The van der Waals surface area contributed by atoms with E-state index in [1.54, 1.807) is 13.0 Å². The first kappa shape index (κ1) is 21.4. The molecular weight excluding hydrogens is 368 g/mol. The van der Waals surface area contributed by atoms with E-state index in [2.05, 4.69) is 5.32 Å². The summed E-state index contributed by atoms with van der Waals surface area (Å²) in [6.45, 7) is 7.68. The van der Waals surface area contributed by atoms with Crippen molar-refractivity contribution in [1.82, 2.24) is 4.90 Å². The van der Waals surface area contributed by atoms with E-state index in [0.717, 1.165) is 4.88 Å². The minimum atomic E-state index is -0.421. The maximum Gasteiger partial charge on any atom is 0.341 e. The molecule has 0 aliphatic carbocycles. The van der Waals surface area contributed by atoms with E-state index in [1.807, 2.05) is 18.7 Å². The summed E-state index contributed by atoms with van der Waals surface area (Å²) < 4.78 is 9.88. The molecule has 7 nitrogen and oxygen atoms in total. The molecule has 0 radical (unpaired) electrons. The van der Waals surface area contributed by atoms with Crippen molar-refractivity contribution in [1.29, 1.82) is 0 Å². The highest BCUT2D eigenvalue weighted by molar-refractivity contribution is 7.16. The Morgan fingerprint density at radius 3 is 2.52 bits per heavy atom. The van der Waals surface area contributed by atoms with E-state index in [9.17, 15) is 14.4 Å². The van der Waals surface area contributed by atoms with E-state index < -0.39 is 5.97 Å². The van der Waals surface area contributed by atoms with Crippen molar-refractivity contribution in [2.45, 2.75) is 39.5 Å². The van der Waals surface area contributed by atoms with Crippen LogP contribution in [0.2, 0.25) is 0 Å². The van der Waals surface area contributed by atoms with Crippen LogP contribution in [0.3, 0.4) is 0 Å². The molecule has 0 unspecified atom stereocenters. The van der Waals surface area contributed by atoms with Gasteiger partial charge in [-0.25, -0.2) is 4.79 Å². The summed E-state index contributed by atoms with van der Waals surface area (Å²) in [6.07, 6.45) is 1.37. The minimum absolute atomic E-state index is 0.0874. The van der Waals surface area contributed by atoms with Gasteiger partial charge in [0.15, 0.2) is 0 Å². The number of nitrogens with one attached hydrogen (secondary N) is 1. The molecule has 0 spiro atoms. The van der Waals surface area contributed by atoms with Crippen molar-refractivity contribution in [2.75, 3.05) is 38.7 Å². The number of piperidine rings is 1. The molecular formula is C19H28N2O5S. The highest BCUT2D eigenvalue weighted by Crippen LogP contribution is 2.33. The maximum atomic E-state index is 12.5. The summed E-state index contributed by atoms with van der Waals surface area (Å²) in [4.78, 5) is 39.3. The molecule has 1 amide bonds. The first-order chi connectivity index (χ1) is 12.8. The smallest absolute Gasteiger partial charge is 0.341 e. The molecule has 1 aromatic rings. The van der Waals surface area contributed by atoms with Crippen LogP contribution >= 0.6 is 11.3 Å². The van der Waals surface area contributed by atoms with Gasteiger partial charge in [0, 0.05) is 4.88 Å². The zero-order valence-electron chi connectivity index (χ0n) is 16.4. The molecule has 0 saturated carbocycles. The van der Waals surface area contributed by atoms with Crippen LogP contribution in [-0.4, -0.2) is 56.1 Å². The van der Waals surface area contributed by atoms with Gasteiger partial charge < -0.3 is 14.8 Å². The number of nitrogens with zero attached hydrogens (tertiary/aromatic N) is 1. The lowest BCUT2D eigenvalue weighted by molar-refractivity contribution is -0.147. The number of anilines is 1. The second-order valence-electron chi connectivity index (χ2n) is 6.89. The zero-order valence-corrected chi connectivity index (χ0v) is 17.2. The van der Waals surface area contributed by atoms with Crippen LogP contribution in [0.25, 0.3) is 0 Å². The largest absolute Gasteiger partial charge is 0.469 e. The number of carbonyl (C=O) groups excluding carboxylic acids is 3. The SMILES string of the molecule is CCOC(=O)c1cc(C(C)C)sc1NC(=O)CN1CCC(C(=O)OC)CC1. The Balaban J connectivity index is 1.97. The van der Waals surface area contributed by atoms with E-state index in [4.69, 9.17) is 9.47 Å². The number of hydrogen-bond acceptors (Lipinski definition) is 7. The molecule has 8 heteroatoms.